The van der Waals surface area contributed by atoms with E-state index in [2.05, 4.69) is 425 Å². The quantitative estimate of drug-likeness (QED) is 0.145. The Labute approximate surface area is 683 Å². The third-order valence-electron chi connectivity index (χ3n) is 24.1. The molecule has 1 nitrogen and oxygen atoms in total. The monoisotopic (exact) mass is 1520 g/mol. The van der Waals surface area contributed by atoms with Crippen molar-refractivity contribution in [2.24, 2.45) is 0 Å². The molecule has 25 aromatic rings. The van der Waals surface area contributed by atoms with Crippen LogP contribution in [0.15, 0.2) is 429 Å². The highest BCUT2D eigenvalue weighted by Crippen LogP contribution is 2.51. The van der Waals surface area contributed by atoms with Crippen molar-refractivity contribution in [1.82, 2.24) is 0 Å². The Kier molecular flexibility index (Phi) is 16.4. The molecule has 0 fully saturated rings. The topological polar surface area (TPSA) is 13.1 Å². The fraction of sp³-hybridized carbons (Fsp3) is 0. The number of fused-ring (bicyclic) bond motifs is 20. The van der Waals surface area contributed by atoms with Crippen LogP contribution in [0.3, 0.4) is 0 Å². The van der Waals surface area contributed by atoms with E-state index in [1.807, 2.05) is 22.7 Å². The molecular weight excluding hydrogens is 1450 g/mol. The van der Waals surface area contributed by atoms with E-state index in [-0.39, 0.29) is 0 Å². The molecule has 0 spiro atoms. The Balaban J connectivity index is 0.000000104. The molecule has 22 aromatic carbocycles. The summed E-state index contributed by atoms with van der Waals surface area (Å²) in [5.41, 5.74) is 19.5. The molecule has 0 saturated heterocycles. The standard InChI is InChI=1S/C42H26O.2C36H22S/c1-2-12-28(13-3-1)40-34-17-6-8-19-36(34)41(37-20-9-7-18-35(37)40)31-15-10-14-29(25-31)30-22-23-33-38-24-21-27-11-4-5-16-32(27)42(38)43-39(33)26-30;1-2-11-24(12-3-1)34-28-14-6-8-16-30(28)35(31-17-9-7-15-29(31)34)25-19-20-27-32-21-18-23-10-4-5-13-26(23)36(32)37-33(27)22-25;1-2-10-23(11-3-1)35-27-14-6-8-16-29(27)36(30-17-9-7-15-28(30)35)26-18-19-33-31(21-26)32-20-24-12-4-5-13-25(24)22-34(32)37-33/h1-26H;2*1-22H. The smallest absolute Gasteiger partial charge is 0.143 e. The van der Waals surface area contributed by atoms with E-state index in [1.165, 1.54) is 204 Å². The molecule has 3 heteroatoms. The molecule has 0 N–H and O–H groups in total. The van der Waals surface area contributed by atoms with Gasteiger partial charge in [-0.05, 0) is 224 Å². The minimum atomic E-state index is 0.914. The first kappa shape index (κ1) is 68.1. The van der Waals surface area contributed by atoms with E-state index < -0.39 is 0 Å². The first-order valence-electron chi connectivity index (χ1n) is 40.2. The molecule has 0 bridgehead atoms. The minimum absolute atomic E-state index is 0.914. The first-order valence-corrected chi connectivity index (χ1v) is 41.8. The number of hydrogen-bond acceptors (Lipinski definition) is 3. The van der Waals surface area contributed by atoms with Crippen LogP contribution < -0.4 is 0 Å². The lowest BCUT2D eigenvalue weighted by molar-refractivity contribution is 0.673. The molecule has 0 aliphatic carbocycles. The summed E-state index contributed by atoms with van der Waals surface area (Å²) in [6.07, 6.45) is 0. The van der Waals surface area contributed by atoms with Crippen LogP contribution in [0.25, 0.3) is 237 Å². The molecule has 0 saturated carbocycles. The van der Waals surface area contributed by atoms with Gasteiger partial charge in [-0.3, -0.25) is 0 Å². The highest BCUT2D eigenvalue weighted by Gasteiger charge is 2.23. The fourth-order valence-corrected chi connectivity index (χ4v) is 21.3. The van der Waals surface area contributed by atoms with Crippen LogP contribution in [0.4, 0.5) is 0 Å². The Bertz CT molecular complexity index is 8140. The van der Waals surface area contributed by atoms with E-state index in [0.29, 0.717) is 0 Å². The molecule has 0 aliphatic rings. The van der Waals surface area contributed by atoms with Crippen LogP contribution in [-0.2, 0) is 0 Å². The van der Waals surface area contributed by atoms with Crippen molar-refractivity contribution in [2.45, 2.75) is 0 Å². The molecule has 0 unspecified atom stereocenters. The van der Waals surface area contributed by atoms with Crippen LogP contribution in [0, 0.1) is 0 Å². The predicted octanol–water partition coefficient (Wildman–Crippen LogP) is 33.7. The zero-order valence-corrected chi connectivity index (χ0v) is 65.3. The number of benzene rings is 22. The van der Waals surface area contributed by atoms with Gasteiger partial charge in [-0.1, -0.05) is 370 Å². The van der Waals surface area contributed by atoms with Gasteiger partial charge in [0, 0.05) is 56.5 Å². The Morgan fingerprint density at radius 2 is 0.470 bits per heavy atom. The zero-order chi connectivity index (χ0) is 77.0. The Morgan fingerprint density at radius 1 is 0.145 bits per heavy atom. The van der Waals surface area contributed by atoms with Crippen molar-refractivity contribution >= 4 is 182 Å². The average Bonchev–Trinajstić information content (AvgIpc) is 0.781. The van der Waals surface area contributed by atoms with Gasteiger partial charge in [-0.25, -0.2) is 0 Å². The normalized spacial score (nSPS) is 11.8. The van der Waals surface area contributed by atoms with Crippen molar-refractivity contribution in [3.05, 3.63) is 425 Å². The second-order valence-electron chi connectivity index (χ2n) is 30.7. The van der Waals surface area contributed by atoms with Crippen molar-refractivity contribution in [3.8, 4) is 77.9 Å². The molecule has 3 heterocycles. The van der Waals surface area contributed by atoms with Gasteiger partial charge in [0.1, 0.15) is 11.2 Å². The van der Waals surface area contributed by atoms with E-state index >= 15 is 0 Å². The summed E-state index contributed by atoms with van der Waals surface area (Å²) >= 11 is 3.80. The molecule has 3 aromatic heterocycles. The lowest BCUT2D eigenvalue weighted by atomic mass is 9.85. The highest BCUT2D eigenvalue weighted by molar-refractivity contribution is 7.27. The molecule has 117 heavy (non-hydrogen) atoms. The maximum Gasteiger partial charge on any atom is 0.143 e. The molecule has 0 radical (unpaired) electrons. The number of furan rings is 1. The summed E-state index contributed by atoms with van der Waals surface area (Å²) in [7, 11) is 0. The maximum atomic E-state index is 6.51. The van der Waals surface area contributed by atoms with Crippen molar-refractivity contribution < 1.29 is 4.42 Å². The summed E-state index contributed by atoms with van der Waals surface area (Å²) in [6.45, 7) is 0. The fourth-order valence-electron chi connectivity index (χ4n) is 18.9. The average molecular weight is 1520 g/mol. The van der Waals surface area contributed by atoms with E-state index in [1.54, 1.807) is 0 Å². The largest absolute Gasteiger partial charge is 0.455 e. The lowest BCUT2D eigenvalue weighted by Gasteiger charge is -2.18. The van der Waals surface area contributed by atoms with E-state index in [4.69, 9.17) is 4.42 Å². The van der Waals surface area contributed by atoms with Crippen molar-refractivity contribution in [3.63, 3.8) is 0 Å². The lowest BCUT2D eigenvalue weighted by Crippen LogP contribution is -1.91. The summed E-state index contributed by atoms with van der Waals surface area (Å²) in [6, 6.07) is 155. The van der Waals surface area contributed by atoms with Gasteiger partial charge in [0.25, 0.3) is 0 Å². The van der Waals surface area contributed by atoms with Crippen LogP contribution >= 0.6 is 22.7 Å². The SMILES string of the molecule is c1ccc(-c2c3ccccc3c(-c3ccc4c(c3)sc3c5ccccc5ccc43)c3ccccc23)cc1.c1ccc(-c2c3ccccc3c(-c3ccc4sc5cc6ccccc6cc5c4c3)c3ccccc23)cc1.c1ccc(-c2c3ccccc3c(-c3cccc(-c4ccc5c(c4)oc4c6ccccc6ccc54)c3)c3ccccc23)cc1. The zero-order valence-electron chi connectivity index (χ0n) is 63.6. The van der Waals surface area contributed by atoms with Gasteiger partial charge in [0.2, 0.25) is 0 Å². The maximum absolute atomic E-state index is 6.51. The van der Waals surface area contributed by atoms with Gasteiger partial charge in [0.05, 0.1) is 0 Å². The van der Waals surface area contributed by atoms with Gasteiger partial charge in [-0.15, -0.1) is 22.7 Å². The molecule has 544 valence electrons. The van der Waals surface area contributed by atoms with Crippen LogP contribution in [0.5, 0.6) is 0 Å². The predicted molar refractivity (Wildman–Crippen MR) is 508 cm³/mol. The molecule has 0 aliphatic heterocycles. The van der Waals surface area contributed by atoms with E-state index in [0.717, 1.165) is 32.9 Å². The number of thiophene rings is 2. The second kappa shape index (κ2) is 28.2. The Hall–Kier alpha value is -14.6. The Morgan fingerprint density at radius 3 is 0.966 bits per heavy atom. The third-order valence-corrected chi connectivity index (χ3v) is 26.4. The molecule has 0 atom stereocenters. The van der Waals surface area contributed by atoms with Gasteiger partial charge in [-0.2, -0.15) is 0 Å². The molecule has 25 rings (SSSR count). The molecule has 0 amide bonds. The minimum Gasteiger partial charge on any atom is -0.455 e. The van der Waals surface area contributed by atoms with Crippen molar-refractivity contribution in [1.29, 1.82) is 0 Å². The highest BCUT2D eigenvalue weighted by atomic mass is 32.1. The third kappa shape index (κ3) is 11.5. The van der Waals surface area contributed by atoms with Crippen LogP contribution in [0.2, 0.25) is 0 Å². The second-order valence-corrected chi connectivity index (χ2v) is 32.8. The van der Waals surface area contributed by atoms with Crippen molar-refractivity contribution in [2.75, 3.05) is 0 Å². The summed E-state index contributed by atoms with van der Waals surface area (Å²) in [5.74, 6) is 0. The van der Waals surface area contributed by atoms with Crippen LogP contribution in [0.1, 0.15) is 0 Å². The van der Waals surface area contributed by atoms with E-state index in [9.17, 15) is 0 Å². The summed E-state index contributed by atoms with van der Waals surface area (Å²) in [5, 5.41) is 30.7. The van der Waals surface area contributed by atoms with Gasteiger partial charge >= 0.3 is 0 Å². The number of hydrogen-bond donors (Lipinski definition) is 0. The first-order chi connectivity index (χ1) is 58.0. The number of rotatable bonds is 7. The van der Waals surface area contributed by atoms with Crippen LogP contribution in [-0.4, -0.2) is 0 Å². The van der Waals surface area contributed by atoms with Gasteiger partial charge < -0.3 is 4.42 Å². The molecular formula is C114H70OS2. The van der Waals surface area contributed by atoms with Gasteiger partial charge in [0.15, 0.2) is 0 Å². The summed E-state index contributed by atoms with van der Waals surface area (Å²) in [4.78, 5) is 0. The summed E-state index contributed by atoms with van der Waals surface area (Å²) < 4.78 is 11.9.